The van der Waals surface area contributed by atoms with Crippen molar-refractivity contribution in [2.75, 3.05) is 25.9 Å². The fourth-order valence-electron chi connectivity index (χ4n) is 3.83. The number of hydrogen-bond acceptors (Lipinski definition) is 6. The number of likely N-dealkylation sites (tertiary alicyclic amines) is 1. The summed E-state index contributed by atoms with van der Waals surface area (Å²) in [6.07, 6.45) is 5.55. The molecular formula is C25H27Cl2N3O6S2. The van der Waals surface area contributed by atoms with Crippen LogP contribution in [0.1, 0.15) is 18.4 Å². The van der Waals surface area contributed by atoms with Crippen LogP contribution in [-0.2, 0) is 24.4 Å². The molecule has 1 aliphatic rings. The molecular weight excluding hydrogens is 573 g/mol. The molecule has 2 amide bonds. The quantitative estimate of drug-likeness (QED) is 0.281. The molecule has 2 aromatic carbocycles. The smallest absolute Gasteiger partial charge is 0.327 e. The van der Waals surface area contributed by atoms with E-state index in [9.17, 15) is 27.9 Å². The van der Waals surface area contributed by atoms with Gasteiger partial charge < -0.3 is 15.3 Å². The fourth-order valence-corrected chi connectivity index (χ4v) is 6.07. The van der Waals surface area contributed by atoms with Gasteiger partial charge in [0, 0.05) is 36.5 Å². The topological polar surface area (TPSA) is 133 Å². The summed E-state index contributed by atoms with van der Waals surface area (Å²) < 4.78 is 27.0. The third-order valence-electron chi connectivity index (χ3n) is 6.03. The van der Waals surface area contributed by atoms with Crippen molar-refractivity contribution in [3.8, 4) is 0 Å². The van der Waals surface area contributed by atoms with Gasteiger partial charge in [-0.3, -0.25) is 9.59 Å². The van der Waals surface area contributed by atoms with Crippen molar-refractivity contribution in [1.29, 1.82) is 0 Å². The first-order chi connectivity index (χ1) is 18.0. The van der Waals surface area contributed by atoms with Crippen molar-refractivity contribution in [3.05, 3.63) is 64.1 Å². The molecule has 1 aliphatic heterocycles. The van der Waals surface area contributed by atoms with Crippen LogP contribution in [0.2, 0.25) is 10.0 Å². The second-order valence-electron chi connectivity index (χ2n) is 8.48. The van der Waals surface area contributed by atoms with Crippen LogP contribution in [0.15, 0.2) is 58.3 Å². The first kappa shape index (κ1) is 30.0. The van der Waals surface area contributed by atoms with Crippen LogP contribution in [0.3, 0.4) is 0 Å². The summed E-state index contributed by atoms with van der Waals surface area (Å²) in [5, 5.41) is 12.7. The predicted octanol–water partition coefficient (Wildman–Crippen LogP) is 3.52. The second-order valence-corrected chi connectivity index (χ2v) is 11.9. The maximum absolute atomic E-state index is 12.7. The van der Waals surface area contributed by atoms with Gasteiger partial charge in [0.05, 0.1) is 14.9 Å². The van der Waals surface area contributed by atoms with Gasteiger partial charge in [-0.15, -0.1) is 11.8 Å². The number of benzene rings is 2. The average molecular weight is 601 g/mol. The zero-order valence-corrected chi connectivity index (χ0v) is 23.5. The number of piperidine rings is 1. The van der Waals surface area contributed by atoms with E-state index >= 15 is 0 Å². The Morgan fingerprint density at radius 3 is 2.37 bits per heavy atom. The van der Waals surface area contributed by atoms with E-state index in [-0.39, 0.29) is 10.8 Å². The third-order valence-corrected chi connectivity index (χ3v) is 9.25. The molecule has 0 saturated carbocycles. The van der Waals surface area contributed by atoms with Gasteiger partial charge >= 0.3 is 5.97 Å². The molecule has 0 spiro atoms. The number of carboxylic acid groups (broad SMARTS) is 1. The van der Waals surface area contributed by atoms with E-state index in [2.05, 4.69) is 10.0 Å². The zero-order chi connectivity index (χ0) is 27.9. The summed E-state index contributed by atoms with van der Waals surface area (Å²) in [6.45, 7) is 0.101. The molecule has 0 aromatic heterocycles. The molecule has 1 unspecified atom stereocenters. The first-order valence-corrected chi connectivity index (χ1v) is 15.1. The molecule has 1 heterocycles. The maximum Gasteiger partial charge on any atom is 0.327 e. The Morgan fingerprint density at radius 1 is 1.11 bits per heavy atom. The molecule has 3 N–H and O–H groups in total. The molecule has 3 rings (SSSR count). The number of nitrogens with one attached hydrogen (secondary N) is 2. The Hall–Kier alpha value is -2.57. The number of amides is 2. The number of thioether (sulfide) groups is 1. The van der Waals surface area contributed by atoms with Gasteiger partial charge in [-0.25, -0.2) is 17.9 Å². The molecule has 2 aromatic rings. The molecule has 0 radical (unpaired) electrons. The summed E-state index contributed by atoms with van der Waals surface area (Å²) >= 11 is 14.0. The molecule has 0 aliphatic carbocycles. The van der Waals surface area contributed by atoms with Gasteiger partial charge in [0.15, 0.2) is 0 Å². The molecule has 1 atom stereocenters. The van der Waals surface area contributed by atoms with Crippen LogP contribution in [0.5, 0.6) is 0 Å². The number of carbonyl (C=O) groups excluding carboxylic acids is 2. The van der Waals surface area contributed by atoms with Crippen LogP contribution >= 0.6 is 35.0 Å². The van der Waals surface area contributed by atoms with Gasteiger partial charge in [0.25, 0.3) is 0 Å². The van der Waals surface area contributed by atoms with Gasteiger partial charge in [0.2, 0.25) is 21.8 Å². The number of halogens is 2. The molecule has 9 nitrogen and oxygen atoms in total. The third kappa shape index (κ3) is 7.73. The number of rotatable bonds is 10. The molecule has 13 heteroatoms. The van der Waals surface area contributed by atoms with Crippen LogP contribution in [0.25, 0.3) is 6.08 Å². The van der Waals surface area contributed by atoms with E-state index in [0.29, 0.717) is 41.5 Å². The van der Waals surface area contributed by atoms with E-state index in [4.69, 9.17) is 23.2 Å². The summed E-state index contributed by atoms with van der Waals surface area (Å²) in [4.78, 5) is 39.4. The summed E-state index contributed by atoms with van der Waals surface area (Å²) in [7, 11) is -3.93. The van der Waals surface area contributed by atoms with E-state index in [1.54, 1.807) is 35.2 Å². The molecule has 0 bridgehead atoms. The number of carbonyl (C=O) groups is 3. The minimum absolute atomic E-state index is 0.0103. The summed E-state index contributed by atoms with van der Waals surface area (Å²) in [5.74, 6) is -2.63. The van der Waals surface area contributed by atoms with E-state index < -0.39 is 40.4 Å². The largest absolute Gasteiger partial charge is 0.480 e. The van der Waals surface area contributed by atoms with E-state index in [0.717, 1.165) is 4.90 Å². The lowest BCUT2D eigenvalue weighted by atomic mass is 9.95. The van der Waals surface area contributed by atoms with Crippen LogP contribution < -0.4 is 10.0 Å². The average Bonchev–Trinajstić information content (AvgIpc) is 2.92. The van der Waals surface area contributed by atoms with Crippen molar-refractivity contribution in [2.45, 2.75) is 28.7 Å². The highest BCUT2D eigenvalue weighted by Crippen LogP contribution is 2.35. The Labute approximate surface area is 235 Å². The molecule has 1 fully saturated rings. The summed E-state index contributed by atoms with van der Waals surface area (Å²) in [5.41, 5.74) is 0.611. The van der Waals surface area contributed by atoms with Gasteiger partial charge in [-0.2, -0.15) is 0 Å². The maximum atomic E-state index is 12.7. The number of carboxylic acids is 1. The SMILES string of the molecule is CSc1ccc(/C=C/C(=O)N2CCC(C(=O)NC(CNS(=O)(=O)c3ccccc3)C(=O)O)CC2)c(Cl)c1Cl. The normalized spacial score (nSPS) is 15.4. The Balaban J connectivity index is 1.52. The van der Waals surface area contributed by atoms with Crippen molar-refractivity contribution in [2.24, 2.45) is 5.92 Å². The minimum Gasteiger partial charge on any atom is -0.480 e. The Morgan fingerprint density at radius 2 is 1.76 bits per heavy atom. The molecule has 38 heavy (non-hydrogen) atoms. The summed E-state index contributed by atoms with van der Waals surface area (Å²) in [6, 6.07) is 9.67. The predicted molar refractivity (Wildman–Crippen MR) is 148 cm³/mol. The number of sulfonamides is 1. The highest BCUT2D eigenvalue weighted by molar-refractivity contribution is 7.98. The Bertz CT molecular complexity index is 1310. The fraction of sp³-hybridized carbons (Fsp3) is 0.320. The van der Waals surface area contributed by atoms with Crippen LogP contribution in [0.4, 0.5) is 0 Å². The minimum atomic E-state index is -3.93. The lowest BCUT2D eigenvalue weighted by Gasteiger charge is -2.31. The van der Waals surface area contributed by atoms with Gasteiger partial charge in [-0.05, 0) is 48.9 Å². The van der Waals surface area contributed by atoms with Crippen LogP contribution in [-0.4, -0.2) is 68.1 Å². The second kappa shape index (κ2) is 13.5. The number of nitrogens with zero attached hydrogens (tertiary/aromatic N) is 1. The highest BCUT2D eigenvalue weighted by atomic mass is 35.5. The van der Waals surface area contributed by atoms with E-state index in [1.165, 1.54) is 30.0 Å². The van der Waals surface area contributed by atoms with Crippen molar-refractivity contribution < 1.29 is 27.9 Å². The lowest BCUT2D eigenvalue weighted by Crippen LogP contribution is -2.51. The highest BCUT2D eigenvalue weighted by Gasteiger charge is 2.30. The van der Waals surface area contributed by atoms with Crippen molar-refractivity contribution in [1.82, 2.24) is 14.9 Å². The monoisotopic (exact) mass is 599 g/mol. The van der Waals surface area contributed by atoms with Gasteiger partial charge in [0.1, 0.15) is 6.04 Å². The first-order valence-electron chi connectivity index (χ1n) is 11.6. The molecule has 1 saturated heterocycles. The van der Waals surface area contributed by atoms with E-state index in [1.807, 2.05) is 12.3 Å². The number of aliphatic carboxylic acids is 1. The standard InChI is InChI=1S/C25H27Cl2N3O6S2/c1-37-20-9-7-16(22(26)23(20)27)8-10-21(31)30-13-11-17(12-14-30)24(32)29-19(25(33)34)15-28-38(35,36)18-5-3-2-4-6-18/h2-10,17,19,28H,11-15H2,1H3,(H,29,32)(H,33,34)/b10-8+. The van der Waals surface area contributed by atoms with Crippen molar-refractivity contribution >= 4 is 68.8 Å². The lowest BCUT2D eigenvalue weighted by molar-refractivity contribution is -0.142. The van der Waals surface area contributed by atoms with Crippen LogP contribution in [0, 0.1) is 5.92 Å². The number of hydrogen-bond donors (Lipinski definition) is 3. The zero-order valence-electron chi connectivity index (χ0n) is 20.4. The van der Waals surface area contributed by atoms with Crippen molar-refractivity contribution in [3.63, 3.8) is 0 Å². The Kier molecular flexibility index (Phi) is 10.6. The van der Waals surface area contributed by atoms with Gasteiger partial charge in [-0.1, -0.05) is 47.5 Å². The molecule has 204 valence electrons.